The van der Waals surface area contributed by atoms with Crippen LogP contribution in [0.15, 0.2) is 6.33 Å². The second-order valence-corrected chi connectivity index (χ2v) is 5.49. The first-order valence-electron chi connectivity index (χ1n) is 5.75. The Morgan fingerprint density at radius 2 is 2.29 bits per heavy atom. The Hall–Kier alpha value is -1.04. The van der Waals surface area contributed by atoms with Gasteiger partial charge >= 0.3 is 5.97 Å². The number of thioether (sulfide) groups is 1. The second-order valence-electron chi connectivity index (χ2n) is 4.30. The van der Waals surface area contributed by atoms with Crippen molar-refractivity contribution in [1.29, 1.82) is 0 Å². The molecule has 1 heterocycles. The first-order chi connectivity index (χ1) is 8.04. The molecule has 0 aliphatic heterocycles. The molecular weight excluding hydrogens is 238 g/mol. The lowest BCUT2D eigenvalue weighted by molar-refractivity contribution is -0.136. The molecule has 1 aromatic heterocycles. The van der Waals surface area contributed by atoms with Crippen LogP contribution in [0.25, 0.3) is 0 Å². The van der Waals surface area contributed by atoms with Crippen molar-refractivity contribution in [2.75, 3.05) is 0 Å². The molecule has 1 N–H and O–H groups in total. The number of rotatable bonds is 7. The lowest BCUT2D eigenvalue weighted by atomic mass is 10.2. The molecule has 0 bridgehead atoms. The lowest BCUT2D eigenvalue weighted by Gasteiger charge is -2.11. The summed E-state index contributed by atoms with van der Waals surface area (Å²) in [6.07, 6.45) is 2.15. The lowest BCUT2D eigenvalue weighted by Crippen LogP contribution is -2.16. The van der Waals surface area contributed by atoms with Gasteiger partial charge < -0.3 is 5.11 Å². The van der Waals surface area contributed by atoms with Crippen LogP contribution in [0.4, 0.5) is 0 Å². The minimum absolute atomic E-state index is 0.362. The molecule has 1 aromatic rings. The van der Waals surface area contributed by atoms with Crippen molar-refractivity contribution in [1.82, 2.24) is 14.8 Å². The van der Waals surface area contributed by atoms with Gasteiger partial charge in [-0.25, -0.2) is 9.67 Å². The van der Waals surface area contributed by atoms with Crippen LogP contribution in [0.1, 0.15) is 33.0 Å². The molecule has 96 valence electrons. The van der Waals surface area contributed by atoms with Gasteiger partial charge in [0.25, 0.3) is 0 Å². The van der Waals surface area contributed by atoms with Crippen LogP contribution < -0.4 is 0 Å². The van der Waals surface area contributed by atoms with Crippen molar-refractivity contribution in [3.05, 3.63) is 12.2 Å². The molecule has 1 rings (SSSR count). The van der Waals surface area contributed by atoms with Crippen molar-refractivity contribution in [3.63, 3.8) is 0 Å². The summed E-state index contributed by atoms with van der Waals surface area (Å²) in [6.45, 7) is 6.93. The Morgan fingerprint density at radius 1 is 1.59 bits per heavy atom. The zero-order valence-electron chi connectivity index (χ0n) is 10.5. The van der Waals surface area contributed by atoms with E-state index >= 15 is 0 Å². The van der Waals surface area contributed by atoms with E-state index in [1.54, 1.807) is 0 Å². The maximum atomic E-state index is 10.9. The minimum Gasteiger partial charge on any atom is -0.480 e. The van der Waals surface area contributed by atoms with E-state index in [0.717, 1.165) is 12.4 Å². The van der Waals surface area contributed by atoms with Gasteiger partial charge in [-0.15, -0.1) is 11.8 Å². The molecule has 1 atom stereocenters. The fourth-order valence-corrected chi connectivity index (χ4v) is 2.39. The third kappa shape index (κ3) is 4.38. The minimum atomic E-state index is -0.757. The van der Waals surface area contributed by atoms with Gasteiger partial charge in [-0.3, -0.25) is 4.79 Å². The first kappa shape index (κ1) is 14.0. The van der Waals surface area contributed by atoms with Crippen LogP contribution in [0.3, 0.4) is 0 Å². The molecule has 0 spiro atoms. The number of carboxylic acids is 1. The highest BCUT2D eigenvalue weighted by molar-refractivity contribution is 7.99. The van der Waals surface area contributed by atoms with Crippen molar-refractivity contribution < 1.29 is 9.90 Å². The van der Waals surface area contributed by atoms with Gasteiger partial charge in [-0.05, 0) is 12.3 Å². The molecular formula is C11H19N3O2S. The normalized spacial score (nSPS) is 12.9. The summed E-state index contributed by atoms with van der Waals surface area (Å²) in [5, 5.41) is 12.7. The topological polar surface area (TPSA) is 68.0 Å². The summed E-state index contributed by atoms with van der Waals surface area (Å²) in [5.41, 5.74) is 0. The summed E-state index contributed by atoms with van der Waals surface area (Å²) < 4.78 is 1.85. The Balaban J connectivity index is 2.56. The van der Waals surface area contributed by atoms with Crippen LogP contribution in [-0.4, -0.2) is 31.1 Å². The zero-order valence-corrected chi connectivity index (χ0v) is 11.3. The summed E-state index contributed by atoms with van der Waals surface area (Å²) >= 11 is 1.41. The number of hydrogen-bond donors (Lipinski definition) is 1. The fraction of sp³-hybridized carbons (Fsp3) is 0.727. The van der Waals surface area contributed by atoms with Gasteiger partial charge in [0, 0.05) is 6.54 Å². The molecule has 0 aromatic carbocycles. The Bertz CT molecular complexity index is 365. The number of carbonyl (C=O) groups is 1. The molecule has 0 fully saturated rings. The highest BCUT2D eigenvalue weighted by Gasteiger charge is 2.17. The van der Waals surface area contributed by atoms with E-state index in [-0.39, 0.29) is 5.25 Å². The van der Waals surface area contributed by atoms with E-state index in [1.807, 2.05) is 11.6 Å². The second kappa shape index (κ2) is 6.64. The molecule has 0 radical (unpaired) electrons. The number of aliphatic carboxylic acids is 1. The molecule has 0 saturated carbocycles. The van der Waals surface area contributed by atoms with E-state index in [1.165, 1.54) is 18.1 Å². The number of carboxylic acid groups (broad SMARTS) is 1. The maximum absolute atomic E-state index is 10.9. The molecule has 5 nitrogen and oxygen atoms in total. The van der Waals surface area contributed by atoms with Gasteiger partial charge in [0.2, 0.25) is 0 Å². The van der Waals surface area contributed by atoms with E-state index in [2.05, 4.69) is 23.9 Å². The van der Waals surface area contributed by atoms with Crippen LogP contribution >= 0.6 is 11.8 Å². The summed E-state index contributed by atoms with van der Waals surface area (Å²) in [4.78, 5) is 15.1. The van der Waals surface area contributed by atoms with Crippen LogP contribution in [0.2, 0.25) is 0 Å². The highest BCUT2D eigenvalue weighted by Crippen LogP contribution is 2.19. The van der Waals surface area contributed by atoms with Gasteiger partial charge in [-0.1, -0.05) is 20.8 Å². The van der Waals surface area contributed by atoms with Crippen molar-refractivity contribution >= 4 is 17.7 Å². The quantitative estimate of drug-likeness (QED) is 0.809. The van der Waals surface area contributed by atoms with Gasteiger partial charge in [0.1, 0.15) is 17.4 Å². The monoisotopic (exact) mass is 257 g/mol. The molecule has 0 saturated heterocycles. The molecule has 1 unspecified atom stereocenters. The average Bonchev–Trinajstić information content (AvgIpc) is 2.65. The average molecular weight is 257 g/mol. The number of hydrogen-bond acceptors (Lipinski definition) is 4. The number of aromatic nitrogens is 3. The summed E-state index contributed by atoms with van der Waals surface area (Å²) in [5.74, 6) is 1.19. The predicted octanol–water partition coefficient (Wildman–Crippen LogP) is 2.03. The van der Waals surface area contributed by atoms with E-state index < -0.39 is 5.97 Å². The molecule has 0 aliphatic rings. The largest absolute Gasteiger partial charge is 0.480 e. The van der Waals surface area contributed by atoms with Crippen LogP contribution in [-0.2, 0) is 17.1 Å². The van der Waals surface area contributed by atoms with E-state index in [9.17, 15) is 4.79 Å². The predicted molar refractivity (Wildman–Crippen MR) is 67.9 cm³/mol. The first-order valence-corrected chi connectivity index (χ1v) is 6.80. The summed E-state index contributed by atoms with van der Waals surface area (Å²) in [6, 6.07) is 0. The van der Waals surface area contributed by atoms with Crippen LogP contribution in [0.5, 0.6) is 0 Å². The van der Waals surface area contributed by atoms with Crippen molar-refractivity contribution in [2.45, 2.75) is 44.7 Å². The molecule has 17 heavy (non-hydrogen) atoms. The SMILES string of the molecule is CCC(SCc1ncnn1CC(C)C)C(=O)O. The van der Waals surface area contributed by atoms with Crippen molar-refractivity contribution in [3.8, 4) is 0 Å². The van der Waals surface area contributed by atoms with Gasteiger partial charge in [0.05, 0.1) is 5.75 Å². The van der Waals surface area contributed by atoms with Crippen molar-refractivity contribution in [2.24, 2.45) is 5.92 Å². The standard InChI is InChI=1S/C11H19N3O2S/c1-4-9(11(15)16)17-6-10-12-7-13-14(10)5-8(2)3/h7-9H,4-6H2,1-3H3,(H,15,16). The molecule has 0 aliphatic carbocycles. The van der Waals surface area contributed by atoms with Gasteiger partial charge in [-0.2, -0.15) is 5.10 Å². The molecule has 0 amide bonds. The van der Waals surface area contributed by atoms with E-state index in [4.69, 9.17) is 5.11 Å². The summed E-state index contributed by atoms with van der Waals surface area (Å²) in [7, 11) is 0. The fourth-order valence-electron chi connectivity index (χ4n) is 1.44. The van der Waals surface area contributed by atoms with E-state index in [0.29, 0.717) is 18.1 Å². The number of nitrogens with zero attached hydrogens (tertiary/aromatic N) is 3. The Labute approximate surface area is 106 Å². The zero-order chi connectivity index (χ0) is 12.8. The van der Waals surface area contributed by atoms with Crippen LogP contribution in [0, 0.1) is 5.92 Å². The van der Waals surface area contributed by atoms with Gasteiger partial charge in [0.15, 0.2) is 0 Å². The Morgan fingerprint density at radius 3 is 2.82 bits per heavy atom. The highest BCUT2D eigenvalue weighted by atomic mass is 32.2. The third-order valence-electron chi connectivity index (χ3n) is 2.29. The Kier molecular flexibility index (Phi) is 5.47. The third-order valence-corrected chi connectivity index (χ3v) is 3.66. The maximum Gasteiger partial charge on any atom is 0.316 e. The molecule has 6 heteroatoms. The smallest absolute Gasteiger partial charge is 0.316 e.